The van der Waals surface area contributed by atoms with E-state index in [9.17, 15) is 19.3 Å². The van der Waals surface area contributed by atoms with Crippen molar-refractivity contribution in [2.24, 2.45) is 0 Å². The highest BCUT2D eigenvalue weighted by atomic mass is 32.2. The fraction of sp³-hybridized carbons (Fsp3) is 0.348. The Morgan fingerprint density at radius 1 is 1.26 bits per heavy atom. The first-order chi connectivity index (χ1) is 16.4. The molecule has 0 bridgehead atoms. The maximum absolute atomic E-state index is 14.5. The number of nitro benzene ring substituents is 1. The normalized spacial score (nSPS) is 14.7. The minimum Gasteiger partial charge on any atom is -0.495 e. The molecule has 1 heterocycles. The molecule has 0 saturated heterocycles. The number of nitrogens with zero attached hydrogens (tertiary/aromatic N) is 4. The number of methoxy groups -OCH3 is 1. The van der Waals surface area contributed by atoms with Gasteiger partial charge in [-0.25, -0.2) is 4.39 Å². The summed E-state index contributed by atoms with van der Waals surface area (Å²) in [7, 11) is 1.42. The van der Waals surface area contributed by atoms with Gasteiger partial charge < -0.3 is 10.1 Å². The fourth-order valence-electron chi connectivity index (χ4n) is 4.03. The van der Waals surface area contributed by atoms with Gasteiger partial charge in [-0.2, -0.15) is 0 Å². The van der Waals surface area contributed by atoms with Gasteiger partial charge in [0.05, 0.1) is 28.5 Å². The van der Waals surface area contributed by atoms with E-state index in [4.69, 9.17) is 4.74 Å². The molecule has 0 radical (unpaired) electrons. The third-order valence-corrected chi connectivity index (χ3v) is 6.83. The Morgan fingerprint density at radius 2 is 2.00 bits per heavy atom. The van der Waals surface area contributed by atoms with E-state index in [-0.39, 0.29) is 29.1 Å². The first-order valence-corrected chi connectivity index (χ1v) is 11.8. The standard InChI is InChI=1S/C23H24FN5O4S/c1-14(22(30)25-19-13-16(29(31)32)11-12-20(19)33-2)34-23-27-26-21(17-9-5-6-10-18(17)24)28(23)15-7-3-4-8-15/h5-6,9-15H,3-4,7-8H2,1-2H3,(H,25,30)/t14-/m1/s1. The van der Waals surface area contributed by atoms with Gasteiger partial charge in [0, 0.05) is 18.2 Å². The Labute approximate surface area is 199 Å². The number of halogens is 1. The van der Waals surface area contributed by atoms with Crippen molar-refractivity contribution in [2.45, 2.75) is 49.1 Å². The number of ether oxygens (including phenoxy) is 1. The molecule has 178 valence electrons. The Hall–Kier alpha value is -3.47. The van der Waals surface area contributed by atoms with Crippen molar-refractivity contribution < 1.29 is 18.8 Å². The number of hydrogen-bond acceptors (Lipinski definition) is 7. The minimum absolute atomic E-state index is 0.124. The van der Waals surface area contributed by atoms with Crippen LogP contribution in [0.4, 0.5) is 15.8 Å². The Kier molecular flexibility index (Phi) is 7.11. The Bertz CT molecular complexity index is 1210. The second-order valence-electron chi connectivity index (χ2n) is 7.99. The number of rotatable bonds is 8. The molecule has 1 aliphatic rings. The van der Waals surface area contributed by atoms with Crippen molar-refractivity contribution in [1.82, 2.24) is 14.8 Å². The number of non-ortho nitro benzene ring substituents is 1. The number of anilines is 1. The number of amides is 1. The summed E-state index contributed by atoms with van der Waals surface area (Å²) in [6, 6.07) is 10.6. The molecule has 1 aliphatic carbocycles. The minimum atomic E-state index is -0.609. The van der Waals surface area contributed by atoms with Crippen LogP contribution in [0.5, 0.6) is 5.75 Å². The van der Waals surface area contributed by atoms with Crippen molar-refractivity contribution in [3.63, 3.8) is 0 Å². The van der Waals surface area contributed by atoms with Crippen LogP contribution in [0.25, 0.3) is 11.4 Å². The van der Waals surface area contributed by atoms with E-state index in [1.807, 2.05) is 4.57 Å². The molecule has 11 heteroatoms. The summed E-state index contributed by atoms with van der Waals surface area (Å²) < 4.78 is 21.7. The van der Waals surface area contributed by atoms with E-state index in [0.717, 1.165) is 25.7 Å². The van der Waals surface area contributed by atoms with Gasteiger partial charge in [-0.3, -0.25) is 19.5 Å². The number of carbonyl (C=O) groups excluding carboxylic acids is 1. The van der Waals surface area contributed by atoms with Gasteiger partial charge in [-0.15, -0.1) is 10.2 Å². The lowest BCUT2D eigenvalue weighted by atomic mass is 10.1. The number of carbonyl (C=O) groups is 1. The molecule has 1 fully saturated rings. The number of hydrogen-bond donors (Lipinski definition) is 1. The van der Waals surface area contributed by atoms with Crippen LogP contribution >= 0.6 is 11.8 Å². The van der Waals surface area contributed by atoms with Crippen LogP contribution in [-0.2, 0) is 4.79 Å². The summed E-state index contributed by atoms with van der Waals surface area (Å²) >= 11 is 1.21. The average Bonchev–Trinajstić information content (AvgIpc) is 3.49. The predicted octanol–water partition coefficient (Wildman–Crippen LogP) is 5.24. The van der Waals surface area contributed by atoms with Crippen molar-refractivity contribution in [2.75, 3.05) is 12.4 Å². The van der Waals surface area contributed by atoms with E-state index < -0.39 is 10.2 Å². The van der Waals surface area contributed by atoms with E-state index in [0.29, 0.717) is 22.3 Å². The average molecular weight is 486 g/mol. The monoisotopic (exact) mass is 485 g/mol. The maximum Gasteiger partial charge on any atom is 0.271 e. The lowest BCUT2D eigenvalue weighted by Crippen LogP contribution is -2.23. The smallest absolute Gasteiger partial charge is 0.271 e. The first-order valence-electron chi connectivity index (χ1n) is 10.9. The van der Waals surface area contributed by atoms with Crippen LogP contribution in [0.3, 0.4) is 0 Å². The summed E-state index contributed by atoms with van der Waals surface area (Å²) in [4.78, 5) is 23.5. The third kappa shape index (κ3) is 4.89. The van der Waals surface area contributed by atoms with Gasteiger partial charge in [0.2, 0.25) is 5.91 Å². The Morgan fingerprint density at radius 3 is 2.68 bits per heavy atom. The molecule has 3 aromatic rings. The van der Waals surface area contributed by atoms with Crippen molar-refractivity contribution in [3.05, 3.63) is 58.4 Å². The van der Waals surface area contributed by atoms with Crippen molar-refractivity contribution >= 4 is 29.0 Å². The van der Waals surface area contributed by atoms with E-state index in [1.54, 1.807) is 25.1 Å². The molecule has 2 aromatic carbocycles. The molecule has 1 N–H and O–H groups in total. The van der Waals surface area contributed by atoms with Gasteiger partial charge >= 0.3 is 0 Å². The van der Waals surface area contributed by atoms with Crippen LogP contribution in [0.2, 0.25) is 0 Å². The number of nitrogens with one attached hydrogen (secondary N) is 1. The molecule has 0 unspecified atom stereocenters. The third-order valence-electron chi connectivity index (χ3n) is 5.77. The number of nitro groups is 1. The highest BCUT2D eigenvalue weighted by molar-refractivity contribution is 8.00. The number of thioether (sulfide) groups is 1. The van der Waals surface area contributed by atoms with E-state index in [2.05, 4.69) is 15.5 Å². The van der Waals surface area contributed by atoms with Gasteiger partial charge in [-0.1, -0.05) is 36.7 Å². The zero-order chi connectivity index (χ0) is 24.2. The molecule has 34 heavy (non-hydrogen) atoms. The molecular weight excluding hydrogens is 461 g/mol. The lowest BCUT2D eigenvalue weighted by molar-refractivity contribution is -0.384. The highest BCUT2D eigenvalue weighted by Crippen LogP contribution is 2.38. The Balaban J connectivity index is 1.59. The lowest BCUT2D eigenvalue weighted by Gasteiger charge is -2.19. The van der Waals surface area contributed by atoms with Crippen LogP contribution in [-0.4, -0.2) is 38.0 Å². The number of aromatic nitrogens is 3. The topological polar surface area (TPSA) is 112 Å². The summed E-state index contributed by atoms with van der Waals surface area (Å²) in [5.41, 5.74) is 0.414. The zero-order valence-electron chi connectivity index (χ0n) is 18.7. The SMILES string of the molecule is COc1ccc([N+](=O)[O-])cc1NC(=O)[C@@H](C)Sc1nnc(-c2ccccc2F)n1C1CCCC1. The predicted molar refractivity (Wildman–Crippen MR) is 127 cm³/mol. The van der Waals surface area contributed by atoms with Gasteiger partial charge in [0.1, 0.15) is 11.6 Å². The summed E-state index contributed by atoms with van der Waals surface area (Å²) in [6.45, 7) is 1.71. The maximum atomic E-state index is 14.5. The molecule has 1 aromatic heterocycles. The van der Waals surface area contributed by atoms with Crippen LogP contribution in [0.15, 0.2) is 47.6 Å². The summed E-state index contributed by atoms with van der Waals surface area (Å²) in [5.74, 6) is -0.000889. The molecule has 1 amide bonds. The summed E-state index contributed by atoms with van der Waals surface area (Å²) in [5, 5.41) is 22.3. The molecule has 4 rings (SSSR count). The zero-order valence-corrected chi connectivity index (χ0v) is 19.5. The van der Waals surface area contributed by atoms with Crippen LogP contribution in [0.1, 0.15) is 38.6 Å². The van der Waals surface area contributed by atoms with Gasteiger partial charge in [0.25, 0.3) is 5.69 Å². The molecule has 1 saturated carbocycles. The number of benzene rings is 2. The van der Waals surface area contributed by atoms with E-state index >= 15 is 0 Å². The molecule has 1 atom stereocenters. The fourth-order valence-corrected chi connectivity index (χ4v) is 4.95. The highest BCUT2D eigenvalue weighted by Gasteiger charge is 2.28. The second-order valence-corrected chi connectivity index (χ2v) is 9.29. The van der Waals surface area contributed by atoms with Crippen molar-refractivity contribution in [1.29, 1.82) is 0 Å². The molecule has 9 nitrogen and oxygen atoms in total. The quantitative estimate of drug-likeness (QED) is 0.264. The van der Waals surface area contributed by atoms with Crippen LogP contribution < -0.4 is 10.1 Å². The molecule has 0 spiro atoms. The van der Waals surface area contributed by atoms with Crippen LogP contribution in [0, 0.1) is 15.9 Å². The van der Waals surface area contributed by atoms with E-state index in [1.165, 1.54) is 43.1 Å². The van der Waals surface area contributed by atoms with Crippen molar-refractivity contribution in [3.8, 4) is 17.1 Å². The van der Waals surface area contributed by atoms with Gasteiger partial charge in [0.15, 0.2) is 11.0 Å². The first kappa shape index (κ1) is 23.7. The summed E-state index contributed by atoms with van der Waals surface area (Å²) in [6.07, 6.45) is 3.98. The second kappa shape index (κ2) is 10.2. The molecule has 0 aliphatic heterocycles. The molecular formula is C23H24FN5O4S. The van der Waals surface area contributed by atoms with Gasteiger partial charge in [-0.05, 0) is 38.0 Å². The largest absolute Gasteiger partial charge is 0.495 e.